The summed E-state index contributed by atoms with van der Waals surface area (Å²) in [5, 5.41) is 6.89. The maximum Gasteiger partial charge on any atom is 0.258 e. The van der Waals surface area contributed by atoms with Crippen molar-refractivity contribution in [1.82, 2.24) is 15.5 Å². The Morgan fingerprint density at radius 3 is 2.52 bits per heavy atom. The molecule has 8 nitrogen and oxygen atoms in total. The number of hydrogen-bond acceptors (Lipinski definition) is 7. The molecule has 0 unspecified atom stereocenters. The van der Waals surface area contributed by atoms with Crippen LogP contribution in [0.25, 0.3) is 22.8 Å². The third-order valence-electron chi connectivity index (χ3n) is 4.82. The first kappa shape index (κ1) is 20.6. The molecule has 1 amide bonds. The highest BCUT2D eigenvalue weighted by atomic mass is 16.5. The molecule has 0 atom stereocenters. The van der Waals surface area contributed by atoms with Crippen molar-refractivity contribution in [1.29, 1.82) is 0 Å². The van der Waals surface area contributed by atoms with Crippen LogP contribution in [0, 0.1) is 0 Å². The summed E-state index contributed by atoms with van der Waals surface area (Å²) in [7, 11) is 1.62. The molecule has 1 aromatic heterocycles. The SMILES string of the molecule is COc1ccc(-c2noc(-c3ccc(OCC(=O)NCC4=CCOCC4)cc3)n2)cc1. The lowest BCUT2D eigenvalue weighted by Crippen LogP contribution is -2.31. The third kappa shape index (κ3) is 5.49. The minimum absolute atomic E-state index is 0.0503. The average molecular weight is 421 g/mol. The van der Waals surface area contributed by atoms with E-state index in [9.17, 15) is 4.79 Å². The second kappa shape index (κ2) is 9.90. The standard InChI is InChI=1S/C23H23N3O5/c1-28-19-6-2-17(3-7-19)22-25-23(31-26-22)18-4-8-20(9-5-18)30-15-21(27)24-14-16-10-12-29-13-11-16/h2-10H,11-15H2,1H3,(H,24,27). The molecular weight excluding hydrogens is 398 g/mol. The van der Waals surface area contributed by atoms with Crippen LogP contribution in [0.3, 0.4) is 0 Å². The molecular formula is C23H23N3O5. The molecule has 4 rings (SSSR count). The predicted octanol–water partition coefficient (Wildman–Crippen LogP) is 3.25. The number of carbonyl (C=O) groups excluding carboxylic acids is 1. The highest BCUT2D eigenvalue weighted by molar-refractivity contribution is 5.77. The third-order valence-corrected chi connectivity index (χ3v) is 4.82. The summed E-state index contributed by atoms with van der Waals surface area (Å²) in [6.07, 6.45) is 2.85. The zero-order valence-corrected chi connectivity index (χ0v) is 17.2. The van der Waals surface area contributed by atoms with Crippen LogP contribution in [0.4, 0.5) is 0 Å². The van der Waals surface area contributed by atoms with Gasteiger partial charge < -0.3 is 24.1 Å². The molecule has 3 aromatic rings. The van der Waals surface area contributed by atoms with E-state index in [2.05, 4.69) is 15.5 Å². The van der Waals surface area contributed by atoms with Crippen LogP contribution in [0.2, 0.25) is 0 Å². The fraction of sp³-hybridized carbons (Fsp3) is 0.261. The van der Waals surface area contributed by atoms with Crippen molar-refractivity contribution in [3.05, 3.63) is 60.2 Å². The van der Waals surface area contributed by atoms with Crippen LogP contribution < -0.4 is 14.8 Å². The zero-order valence-electron chi connectivity index (χ0n) is 17.2. The Morgan fingerprint density at radius 1 is 1.06 bits per heavy atom. The number of hydrogen-bond donors (Lipinski definition) is 1. The number of nitrogens with zero attached hydrogens (tertiary/aromatic N) is 2. The highest BCUT2D eigenvalue weighted by Gasteiger charge is 2.12. The van der Waals surface area contributed by atoms with Gasteiger partial charge in [-0.05, 0) is 55.0 Å². The predicted molar refractivity (Wildman–Crippen MR) is 114 cm³/mol. The number of methoxy groups -OCH3 is 1. The van der Waals surface area contributed by atoms with Gasteiger partial charge in [0, 0.05) is 17.7 Å². The molecule has 0 aliphatic carbocycles. The number of nitrogens with one attached hydrogen (secondary N) is 1. The quantitative estimate of drug-likeness (QED) is 0.558. The van der Waals surface area contributed by atoms with Crippen molar-refractivity contribution >= 4 is 5.91 Å². The second-order valence-electron chi connectivity index (χ2n) is 6.93. The molecule has 160 valence electrons. The molecule has 1 N–H and O–H groups in total. The van der Waals surface area contributed by atoms with E-state index < -0.39 is 0 Å². The maximum absolute atomic E-state index is 12.0. The Bertz CT molecular complexity index is 1040. The zero-order chi connectivity index (χ0) is 21.5. The van der Waals surface area contributed by atoms with Gasteiger partial charge in [0.25, 0.3) is 11.8 Å². The smallest absolute Gasteiger partial charge is 0.258 e. The Labute approximate surface area is 179 Å². The number of benzene rings is 2. The van der Waals surface area contributed by atoms with E-state index in [0.29, 0.717) is 37.2 Å². The summed E-state index contributed by atoms with van der Waals surface area (Å²) in [4.78, 5) is 16.4. The first-order chi connectivity index (χ1) is 15.2. The molecule has 2 heterocycles. The van der Waals surface area contributed by atoms with Crippen molar-refractivity contribution in [2.45, 2.75) is 6.42 Å². The van der Waals surface area contributed by atoms with Gasteiger partial charge in [0.1, 0.15) is 11.5 Å². The van der Waals surface area contributed by atoms with E-state index in [1.54, 1.807) is 19.2 Å². The van der Waals surface area contributed by atoms with Crippen molar-refractivity contribution in [2.24, 2.45) is 0 Å². The number of carbonyl (C=O) groups is 1. The molecule has 0 spiro atoms. The van der Waals surface area contributed by atoms with Gasteiger partial charge in [-0.3, -0.25) is 4.79 Å². The number of ether oxygens (including phenoxy) is 3. The van der Waals surface area contributed by atoms with Crippen LogP contribution in [0.15, 0.2) is 64.7 Å². The largest absolute Gasteiger partial charge is 0.497 e. The number of rotatable bonds is 8. The van der Waals surface area contributed by atoms with Crippen LogP contribution in [0.1, 0.15) is 6.42 Å². The van der Waals surface area contributed by atoms with Crippen molar-refractivity contribution in [3.63, 3.8) is 0 Å². The molecule has 1 aliphatic rings. The van der Waals surface area contributed by atoms with E-state index in [1.165, 1.54) is 5.57 Å². The van der Waals surface area contributed by atoms with Crippen molar-refractivity contribution in [2.75, 3.05) is 33.5 Å². The average Bonchev–Trinajstić information content (AvgIpc) is 3.33. The van der Waals surface area contributed by atoms with E-state index in [4.69, 9.17) is 18.7 Å². The monoisotopic (exact) mass is 421 g/mol. The molecule has 1 aliphatic heterocycles. The van der Waals surface area contributed by atoms with Gasteiger partial charge in [-0.25, -0.2) is 0 Å². The van der Waals surface area contributed by atoms with Gasteiger partial charge in [-0.15, -0.1) is 0 Å². The number of amides is 1. The maximum atomic E-state index is 12.0. The Morgan fingerprint density at radius 2 is 1.81 bits per heavy atom. The first-order valence-electron chi connectivity index (χ1n) is 9.95. The van der Waals surface area contributed by atoms with E-state index in [0.717, 1.165) is 23.3 Å². The minimum Gasteiger partial charge on any atom is -0.497 e. The van der Waals surface area contributed by atoms with Gasteiger partial charge in [0.15, 0.2) is 6.61 Å². The molecule has 8 heteroatoms. The van der Waals surface area contributed by atoms with Crippen LogP contribution >= 0.6 is 0 Å². The lowest BCUT2D eigenvalue weighted by Gasteiger charge is -2.14. The fourth-order valence-corrected chi connectivity index (χ4v) is 3.03. The topological polar surface area (TPSA) is 95.7 Å². The van der Waals surface area contributed by atoms with Gasteiger partial charge in [0.2, 0.25) is 5.82 Å². The molecule has 2 aromatic carbocycles. The molecule has 0 fully saturated rings. The Kier molecular flexibility index (Phi) is 6.59. The summed E-state index contributed by atoms with van der Waals surface area (Å²) >= 11 is 0. The minimum atomic E-state index is -0.169. The lowest BCUT2D eigenvalue weighted by atomic mass is 10.1. The van der Waals surface area contributed by atoms with Gasteiger partial charge in [-0.2, -0.15) is 4.98 Å². The van der Waals surface area contributed by atoms with E-state index in [-0.39, 0.29) is 12.5 Å². The normalized spacial score (nSPS) is 13.4. The van der Waals surface area contributed by atoms with Crippen LogP contribution in [-0.4, -0.2) is 49.5 Å². The summed E-state index contributed by atoms with van der Waals surface area (Å²) in [6.45, 7) is 1.78. The van der Waals surface area contributed by atoms with Crippen LogP contribution in [0.5, 0.6) is 11.5 Å². The van der Waals surface area contributed by atoms with E-state index >= 15 is 0 Å². The van der Waals surface area contributed by atoms with Crippen molar-refractivity contribution in [3.8, 4) is 34.3 Å². The summed E-state index contributed by atoms with van der Waals surface area (Å²) < 4.78 is 21.3. The summed E-state index contributed by atoms with van der Waals surface area (Å²) in [6, 6.07) is 14.6. The van der Waals surface area contributed by atoms with Crippen LogP contribution in [-0.2, 0) is 9.53 Å². The van der Waals surface area contributed by atoms with Gasteiger partial charge in [0.05, 0.1) is 20.3 Å². The summed E-state index contributed by atoms with van der Waals surface area (Å²) in [5.41, 5.74) is 2.77. The molecule has 0 bridgehead atoms. The molecule has 0 saturated carbocycles. The van der Waals surface area contributed by atoms with E-state index in [1.807, 2.05) is 42.5 Å². The van der Waals surface area contributed by atoms with Crippen molar-refractivity contribution < 1.29 is 23.5 Å². The summed E-state index contributed by atoms with van der Waals surface area (Å²) in [5.74, 6) is 2.07. The number of aromatic nitrogens is 2. The molecule has 0 saturated heterocycles. The first-order valence-corrected chi connectivity index (χ1v) is 9.95. The van der Waals surface area contributed by atoms with Gasteiger partial charge >= 0.3 is 0 Å². The highest BCUT2D eigenvalue weighted by Crippen LogP contribution is 2.25. The van der Waals surface area contributed by atoms with Gasteiger partial charge in [-0.1, -0.05) is 16.8 Å². The Hall–Kier alpha value is -3.65. The molecule has 31 heavy (non-hydrogen) atoms. The second-order valence-corrected chi connectivity index (χ2v) is 6.93. The lowest BCUT2D eigenvalue weighted by molar-refractivity contribution is -0.122. The Balaban J connectivity index is 1.30. The molecule has 0 radical (unpaired) electrons. The fourth-order valence-electron chi connectivity index (χ4n) is 3.03.